The maximum atomic E-state index is 11.7. The minimum absolute atomic E-state index is 0.281. The number of rotatable bonds is 6. The van der Waals surface area contributed by atoms with Crippen LogP contribution in [0, 0.1) is 0 Å². The van der Waals surface area contributed by atoms with Crippen LogP contribution in [0.5, 0.6) is 0 Å². The molecule has 0 unspecified atom stereocenters. The Morgan fingerprint density at radius 1 is 1.07 bits per heavy atom. The van der Waals surface area contributed by atoms with Crippen LogP contribution in [0.4, 0.5) is 11.9 Å². The van der Waals surface area contributed by atoms with Crippen LogP contribution >= 0.6 is 23.5 Å². The molecule has 0 aliphatic carbocycles. The van der Waals surface area contributed by atoms with Crippen molar-refractivity contribution in [3.63, 3.8) is 0 Å². The van der Waals surface area contributed by atoms with Gasteiger partial charge in [0.1, 0.15) is 5.69 Å². The molecule has 0 aliphatic heterocycles. The Bertz CT molecular complexity index is 850. The Balaban J connectivity index is 0.000000291. The van der Waals surface area contributed by atoms with Crippen LogP contribution in [-0.2, 0) is 5.41 Å². The second-order valence-corrected chi connectivity index (χ2v) is 8.81. The summed E-state index contributed by atoms with van der Waals surface area (Å²) in [6.45, 7) is 12.6. The monoisotopic (exact) mass is 441 g/mol. The van der Waals surface area contributed by atoms with Crippen molar-refractivity contribution in [2.45, 2.75) is 63.3 Å². The van der Waals surface area contributed by atoms with Crippen molar-refractivity contribution in [1.29, 1.82) is 0 Å². The van der Waals surface area contributed by atoms with Gasteiger partial charge in [-0.2, -0.15) is 19.6 Å². The Labute approximate surface area is 180 Å². The van der Waals surface area contributed by atoms with Gasteiger partial charge in [0.25, 0.3) is 5.56 Å². The van der Waals surface area contributed by atoms with Crippen molar-refractivity contribution < 1.29 is 0 Å². The molecule has 0 aliphatic rings. The Hall–Kier alpha value is -2.08. The number of nitrogens with two attached hydrogens (primary N) is 1. The van der Waals surface area contributed by atoms with E-state index in [1.54, 1.807) is 6.26 Å². The van der Waals surface area contributed by atoms with Gasteiger partial charge in [-0.25, -0.2) is 0 Å². The number of anilines is 2. The molecule has 2 aromatic heterocycles. The van der Waals surface area contributed by atoms with Gasteiger partial charge in [0.2, 0.25) is 17.1 Å². The molecule has 0 spiro atoms. The molecule has 0 amide bonds. The first-order valence-corrected chi connectivity index (χ1v) is 11.6. The molecule has 0 bridgehead atoms. The highest BCUT2D eigenvalue weighted by Gasteiger charge is 2.22. The van der Waals surface area contributed by atoms with Gasteiger partial charge in [0.05, 0.1) is 0 Å². The Kier molecular flexibility index (Phi) is 9.63. The quantitative estimate of drug-likeness (QED) is 0.449. The van der Waals surface area contributed by atoms with Gasteiger partial charge < -0.3 is 16.5 Å². The molecule has 0 aromatic carbocycles. The second-order valence-electron chi connectivity index (χ2n) is 7.26. The van der Waals surface area contributed by atoms with Crippen molar-refractivity contribution in [2.24, 2.45) is 0 Å². The lowest BCUT2D eigenvalue weighted by Gasteiger charge is -2.16. The predicted octanol–water partition coefficient (Wildman–Crippen LogP) is 2.22. The van der Waals surface area contributed by atoms with Crippen LogP contribution in [0.15, 0.2) is 15.1 Å². The average Bonchev–Trinajstić information content (AvgIpc) is 2.63. The van der Waals surface area contributed by atoms with Crippen LogP contribution in [-0.4, -0.2) is 54.9 Å². The molecule has 0 radical (unpaired) electrons. The fraction of sp³-hybridized carbons (Fsp3) is 0.647. The number of hydrogen-bond donors (Lipinski definition) is 3. The van der Waals surface area contributed by atoms with Crippen LogP contribution < -0.4 is 22.0 Å². The molecule has 2 rings (SSSR count). The summed E-state index contributed by atoms with van der Waals surface area (Å²) in [4.78, 5) is 24.5. The van der Waals surface area contributed by atoms with Crippen molar-refractivity contribution in [3.05, 3.63) is 16.0 Å². The normalized spacial score (nSPS) is 11.1. The minimum atomic E-state index is -0.331. The maximum absolute atomic E-state index is 11.7. The third kappa shape index (κ3) is 7.69. The first kappa shape index (κ1) is 25.0. The molecule has 0 saturated carbocycles. The van der Waals surface area contributed by atoms with Crippen molar-refractivity contribution in [3.8, 4) is 0 Å². The molecule has 2 heterocycles. The van der Waals surface area contributed by atoms with E-state index in [1.165, 1.54) is 23.5 Å². The summed E-state index contributed by atoms with van der Waals surface area (Å²) in [6, 6.07) is 0.316. The van der Waals surface area contributed by atoms with Crippen LogP contribution in [0.2, 0.25) is 0 Å². The first-order valence-electron chi connectivity index (χ1n) is 9.13. The molecule has 0 saturated heterocycles. The number of nitrogens with zero attached hydrogens (tertiary/aromatic N) is 6. The van der Waals surface area contributed by atoms with Crippen LogP contribution in [0.1, 0.15) is 47.2 Å². The number of nitrogens with one attached hydrogen (secondary N) is 2. The molecule has 0 fully saturated rings. The van der Waals surface area contributed by atoms with Crippen molar-refractivity contribution in [2.75, 3.05) is 35.5 Å². The summed E-state index contributed by atoms with van der Waals surface area (Å²) in [5, 5.41) is 15.2. The van der Waals surface area contributed by atoms with Gasteiger partial charge in [-0.05, 0) is 33.3 Å². The lowest BCUT2D eigenvalue weighted by Crippen LogP contribution is -2.37. The molecular formula is C17H31N9OS2. The first-order chi connectivity index (χ1) is 13.5. The third-order valence-corrected chi connectivity index (χ3v) is 4.50. The standard InChI is InChI=1S/C9H17N5S.C8H14N4OS/c1-5-10-7-12-8(11-6(2)3)14-9(13-7)15-4;1-8(2,3)5-6(13)12(9)7(14-4)11-10-5/h6H,5H2,1-4H3,(H2,10,11,12,13,14);9H2,1-4H3. The summed E-state index contributed by atoms with van der Waals surface area (Å²) in [5.74, 6) is 6.82. The molecule has 0 atom stereocenters. The van der Waals surface area contributed by atoms with Gasteiger partial charge in [-0.3, -0.25) is 4.79 Å². The van der Waals surface area contributed by atoms with E-state index in [2.05, 4.69) is 49.6 Å². The van der Waals surface area contributed by atoms with Gasteiger partial charge in [-0.1, -0.05) is 44.3 Å². The van der Waals surface area contributed by atoms with Gasteiger partial charge in [0.15, 0.2) is 5.16 Å². The van der Waals surface area contributed by atoms with E-state index in [-0.39, 0.29) is 11.0 Å². The van der Waals surface area contributed by atoms with Gasteiger partial charge >= 0.3 is 0 Å². The van der Waals surface area contributed by atoms with E-state index in [0.717, 1.165) is 16.4 Å². The summed E-state index contributed by atoms with van der Waals surface area (Å²) in [5.41, 5.74) is -0.225. The Morgan fingerprint density at radius 3 is 2.17 bits per heavy atom. The topological polar surface area (TPSA) is 137 Å². The molecule has 10 nitrogen and oxygen atoms in total. The highest BCUT2D eigenvalue weighted by atomic mass is 32.2. The lowest BCUT2D eigenvalue weighted by atomic mass is 9.93. The fourth-order valence-corrected chi connectivity index (χ4v) is 2.76. The predicted molar refractivity (Wildman–Crippen MR) is 121 cm³/mol. The summed E-state index contributed by atoms with van der Waals surface area (Å²) in [7, 11) is 0. The minimum Gasteiger partial charge on any atom is -0.354 e. The molecule has 2 aromatic rings. The number of nitrogen functional groups attached to an aromatic ring is 1. The van der Waals surface area contributed by atoms with Gasteiger partial charge in [0, 0.05) is 18.0 Å². The zero-order valence-electron chi connectivity index (χ0n) is 18.3. The van der Waals surface area contributed by atoms with Crippen molar-refractivity contribution >= 4 is 35.4 Å². The van der Waals surface area contributed by atoms with E-state index < -0.39 is 0 Å². The zero-order valence-corrected chi connectivity index (χ0v) is 19.9. The number of thioether (sulfide) groups is 2. The second kappa shape index (κ2) is 11.2. The zero-order chi connectivity index (χ0) is 22.2. The Morgan fingerprint density at radius 2 is 1.69 bits per heavy atom. The van der Waals surface area contributed by atoms with E-state index in [4.69, 9.17) is 5.84 Å². The number of aromatic nitrogens is 6. The maximum Gasteiger partial charge on any atom is 0.295 e. The van der Waals surface area contributed by atoms with Crippen LogP contribution in [0.25, 0.3) is 0 Å². The molecule has 29 heavy (non-hydrogen) atoms. The van der Waals surface area contributed by atoms with Crippen molar-refractivity contribution in [1.82, 2.24) is 29.8 Å². The summed E-state index contributed by atoms with van der Waals surface area (Å²) in [6.07, 6.45) is 3.74. The molecule has 162 valence electrons. The summed E-state index contributed by atoms with van der Waals surface area (Å²) < 4.78 is 1.04. The van der Waals surface area contributed by atoms with Crippen LogP contribution in [0.3, 0.4) is 0 Å². The highest BCUT2D eigenvalue weighted by Crippen LogP contribution is 2.16. The summed E-state index contributed by atoms with van der Waals surface area (Å²) >= 11 is 2.80. The lowest BCUT2D eigenvalue weighted by molar-refractivity contribution is 0.520. The fourth-order valence-electron chi connectivity index (χ4n) is 2.00. The van der Waals surface area contributed by atoms with E-state index >= 15 is 0 Å². The van der Waals surface area contributed by atoms with E-state index in [9.17, 15) is 4.79 Å². The molecular weight excluding hydrogens is 410 g/mol. The highest BCUT2D eigenvalue weighted by molar-refractivity contribution is 7.98. The number of hydrogen-bond acceptors (Lipinski definition) is 11. The SMILES string of the molecule is CCNc1nc(NC(C)C)nc(SC)n1.CSc1nnc(C(C)(C)C)c(=O)n1N. The van der Waals surface area contributed by atoms with E-state index in [1.807, 2.05) is 34.0 Å². The molecule has 12 heteroatoms. The molecule has 4 N–H and O–H groups in total. The average molecular weight is 442 g/mol. The smallest absolute Gasteiger partial charge is 0.295 e. The largest absolute Gasteiger partial charge is 0.354 e. The third-order valence-electron chi connectivity index (χ3n) is 3.31. The van der Waals surface area contributed by atoms with E-state index in [0.29, 0.717) is 28.8 Å². The van der Waals surface area contributed by atoms with Gasteiger partial charge in [-0.15, -0.1) is 10.2 Å².